The van der Waals surface area contributed by atoms with Gasteiger partial charge in [-0.25, -0.2) is 0 Å². The Morgan fingerprint density at radius 3 is 1.02 bits per heavy atom. The van der Waals surface area contributed by atoms with E-state index in [1.54, 1.807) is 0 Å². The maximum absolute atomic E-state index is 11.4. The van der Waals surface area contributed by atoms with E-state index in [4.69, 9.17) is 15.8 Å². The zero-order chi connectivity index (χ0) is 32.3. The van der Waals surface area contributed by atoms with Crippen LogP contribution in [0.3, 0.4) is 0 Å². The van der Waals surface area contributed by atoms with E-state index in [0.717, 1.165) is 34.0 Å². The molecular formula is C36H55O3P2Rh-. The first-order chi connectivity index (χ1) is 19.1. The van der Waals surface area contributed by atoms with Crippen LogP contribution < -0.4 is 0 Å². The second-order valence-electron chi connectivity index (χ2n) is 11.6. The van der Waals surface area contributed by atoms with Crippen molar-refractivity contribution in [2.24, 2.45) is 0 Å². The summed E-state index contributed by atoms with van der Waals surface area (Å²) in [5.74, 6) is 1.94. The maximum atomic E-state index is 11.4. The second kappa shape index (κ2) is 24.1. The van der Waals surface area contributed by atoms with Gasteiger partial charge in [0.25, 0.3) is 0 Å². The summed E-state index contributed by atoms with van der Waals surface area (Å²) < 4.78 is 12.9. The molecule has 2 rings (SSSR count). The minimum absolute atomic E-state index is 0. The van der Waals surface area contributed by atoms with Crippen molar-refractivity contribution < 1.29 is 33.7 Å². The van der Waals surface area contributed by atoms with Crippen LogP contribution >= 0.6 is 15.8 Å². The summed E-state index contributed by atoms with van der Waals surface area (Å²) in [6.45, 7) is 34.1. The molecule has 0 aliphatic carbocycles. The monoisotopic (exact) mass is 700 g/mol. The maximum Gasteiger partial charge on any atom is 0 e. The number of hydrogen-bond acceptors (Lipinski definition) is 2. The fourth-order valence-electron chi connectivity index (χ4n) is 5.59. The summed E-state index contributed by atoms with van der Waals surface area (Å²) in [6, 6.07) is 18.4. The van der Waals surface area contributed by atoms with Crippen LogP contribution in [0.25, 0.3) is 0 Å². The first-order valence-corrected chi connectivity index (χ1v) is 17.7. The molecule has 0 N–H and O–H groups in total. The van der Waals surface area contributed by atoms with Crippen molar-refractivity contribution >= 4 is 21.8 Å². The van der Waals surface area contributed by atoms with E-state index >= 15 is 0 Å². The van der Waals surface area contributed by atoms with Crippen molar-refractivity contribution in [3.8, 4) is 5.92 Å². The van der Waals surface area contributed by atoms with Crippen LogP contribution in [-0.4, -0.2) is 39.9 Å². The molecule has 0 atom stereocenters. The van der Waals surface area contributed by atoms with E-state index in [2.05, 4.69) is 95.7 Å². The SMILES string of the molecule is CC(C)P(C(C)C)C(C)C.CC(C)P(C(C)C)C(C)C.[C-]#CC(OC(C)=O)(c1ccccc1)c1ccccc1.[C-]#[O+].[Rh]. The van der Waals surface area contributed by atoms with Crippen LogP contribution in [0.2, 0.25) is 0 Å². The van der Waals surface area contributed by atoms with Gasteiger partial charge >= 0.3 is 17.3 Å². The van der Waals surface area contributed by atoms with E-state index in [1.165, 1.54) is 6.92 Å². The second-order valence-corrected chi connectivity index (χ2v) is 19.6. The molecule has 2 aromatic rings. The predicted octanol–water partition coefficient (Wildman–Crippen LogP) is 10.4. The Balaban J connectivity index is -0.000000568. The first kappa shape index (κ1) is 45.1. The fourth-order valence-corrected chi connectivity index (χ4v) is 12.7. The molecule has 0 aromatic heterocycles. The van der Waals surface area contributed by atoms with Gasteiger partial charge in [0.1, 0.15) is 0 Å². The van der Waals surface area contributed by atoms with Crippen molar-refractivity contribution in [1.82, 2.24) is 0 Å². The van der Waals surface area contributed by atoms with Gasteiger partial charge in [0.2, 0.25) is 0 Å². The van der Waals surface area contributed by atoms with Gasteiger partial charge in [0, 0.05) is 37.5 Å². The van der Waals surface area contributed by atoms with E-state index in [0.29, 0.717) is 11.1 Å². The van der Waals surface area contributed by atoms with Crippen molar-refractivity contribution in [2.45, 2.75) is 130 Å². The Morgan fingerprint density at radius 2 is 0.881 bits per heavy atom. The van der Waals surface area contributed by atoms with Crippen LogP contribution in [0.5, 0.6) is 0 Å². The van der Waals surface area contributed by atoms with E-state index in [1.807, 2.05) is 60.7 Å². The van der Waals surface area contributed by atoms with E-state index < -0.39 is 11.6 Å². The standard InChI is InChI=1S/C17H13O2.2C9H21P.CO.Rh/c1-3-17(19-14(2)18,15-10-6-4-7-11-15)16-12-8-5-9-13-16;2*1-7(2)10(8(3)4)9(5)6;1-2;/h4-13H,2H3;2*7-9H,1-6H3;;/q-1;;;;. The summed E-state index contributed by atoms with van der Waals surface area (Å²) in [7, 11) is 0.525. The molecule has 0 bridgehead atoms. The molecule has 0 unspecified atom stereocenters. The normalized spacial score (nSPS) is 10.8. The molecule has 0 heterocycles. The van der Waals surface area contributed by atoms with Crippen LogP contribution in [0.1, 0.15) is 101 Å². The van der Waals surface area contributed by atoms with Gasteiger partial charge in [-0.15, -0.1) is 0 Å². The summed E-state index contributed by atoms with van der Waals surface area (Å²) in [4.78, 5) is 11.4. The van der Waals surface area contributed by atoms with Gasteiger partial charge in [0.15, 0.2) is 5.60 Å². The molecule has 0 saturated heterocycles. The topological polar surface area (TPSA) is 46.2 Å². The Hall–Kier alpha value is -1.31. The molecule has 42 heavy (non-hydrogen) atoms. The molecule has 237 valence electrons. The minimum atomic E-state index is -1.28. The third-order valence-electron chi connectivity index (χ3n) is 6.41. The summed E-state index contributed by atoms with van der Waals surface area (Å²) in [6.07, 6.45) is 7.65. The van der Waals surface area contributed by atoms with Crippen LogP contribution in [0.4, 0.5) is 0 Å². The number of carbonyl (C=O) groups excluding carboxylic acids is 1. The molecule has 0 aliphatic rings. The van der Waals surface area contributed by atoms with Gasteiger partial charge in [0.05, 0.1) is 0 Å². The third-order valence-corrected chi connectivity index (χ3v) is 13.6. The summed E-state index contributed by atoms with van der Waals surface area (Å²) in [5, 5.41) is 0. The Morgan fingerprint density at radius 1 is 0.643 bits per heavy atom. The molecule has 6 heteroatoms. The summed E-state index contributed by atoms with van der Waals surface area (Å²) >= 11 is 0. The predicted molar refractivity (Wildman–Crippen MR) is 181 cm³/mol. The van der Waals surface area contributed by atoms with E-state index in [9.17, 15) is 4.79 Å². The quantitative estimate of drug-likeness (QED) is 0.0653. The molecule has 0 saturated carbocycles. The Kier molecular flexibility index (Phi) is 25.9. The smallest absolute Gasteiger partial charge is 0 e. The molecule has 1 radical (unpaired) electrons. The Labute approximate surface area is 274 Å². The number of benzene rings is 2. The number of hydrogen-bond donors (Lipinski definition) is 0. The molecular weight excluding hydrogens is 645 g/mol. The van der Waals surface area contributed by atoms with Crippen molar-refractivity contribution in [3.05, 3.63) is 84.9 Å². The first-order valence-electron chi connectivity index (χ1n) is 14.6. The van der Waals surface area contributed by atoms with Gasteiger partial charge in [-0.3, -0.25) is 4.79 Å². The van der Waals surface area contributed by atoms with Crippen LogP contribution in [0, 0.1) is 19.0 Å². The van der Waals surface area contributed by atoms with Crippen LogP contribution in [-0.2, 0) is 39.3 Å². The average Bonchev–Trinajstić information content (AvgIpc) is 2.88. The summed E-state index contributed by atoms with van der Waals surface area (Å²) in [5.41, 5.74) is 5.51. The number of ether oxygens (including phenoxy) is 1. The number of esters is 1. The molecule has 0 amide bonds. The van der Waals surface area contributed by atoms with Gasteiger partial charge in [-0.1, -0.05) is 160 Å². The molecule has 0 spiro atoms. The minimum Gasteiger partial charge on any atom is 0 e. The number of carbonyl (C=O) groups is 1. The average molecular weight is 701 g/mol. The molecule has 0 fully saturated rings. The van der Waals surface area contributed by atoms with Gasteiger partial charge in [-0.05, 0) is 34.0 Å². The molecule has 0 aliphatic heterocycles. The van der Waals surface area contributed by atoms with Crippen LogP contribution in [0.15, 0.2) is 60.7 Å². The third kappa shape index (κ3) is 16.0. The molecule has 2 aromatic carbocycles. The molecule has 3 nitrogen and oxygen atoms in total. The largest absolute Gasteiger partial charge is 0 e. The van der Waals surface area contributed by atoms with Crippen molar-refractivity contribution in [3.63, 3.8) is 0 Å². The zero-order valence-corrected chi connectivity index (χ0v) is 31.6. The zero-order valence-electron chi connectivity index (χ0n) is 28.2. The fraction of sp³-hybridized carbons (Fsp3) is 0.556. The van der Waals surface area contributed by atoms with Crippen molar-refractivity contribution in [1.29, 1.82) is 0 Å². The van der Waals surface area contributed by atoms with E-state index in [-0.39, 0.29) is 35.3 Å². The van der Waals surface area contributed by atoms with Gasteiger partial charge < -0.3 is 17.1 Å². The van der Waals surface area contributed by atoms with Crippen molar-refractivity contribution in [2.75, 3.05) is 0 Å². The Bertz CT molecular complexity index is 909. The number of rotatable bonds is 9. The van der Waals surface area contributed by atoms with Gasteiger partial charge in [-0.2, -0.15) is 0 Å².